The van der Waals surface area contributed by atoms with Crippen LogP contribution in [0.4, 0.5) is 0 Å². The van der Waals surface area contributed by atoms with Crippen LogP contribution in [0.3, 0.4) is 0 Å². The van der Waals surface area contributed by atoms with Crippen molar-refractivity contribution >= 4 is 17.7 Å². The Morgan fingerprint density at radius 2 is 2.43 bits per heavy atom. The molecule has 1 saturated heterocycles. The van der Waals surface area contributed by atoms with Crippen molar-refractivity contribution in [2.45, 2.75) is 43.9 Å². The van der Waals surface area contributed by atoms with Gasteiger partial charge >= 0.3 is 0 Å². The van der Waals surface area contributed by atoms with E-state index in [1.54, 1.807) is 11.8 Å². The van der Waals surface area contributed by atoms with Crippen molar-refractivity contribution in [2.75, 3.05) is 12.3 Å². The molecule has 2 unspecified atom stereocenters. The first-order valence-electron chi connectivity index (χ1n) is 5.26. The van der Waals surface area contributed by atoms with Gasteiger partial charge in [-0.3, -0.25) is 4.79 Å². The van der Waals surface area contributed by atoms with Crippen LogP contribution < -0.4 is 11.1 Å². The van der Waals surface area contributed by atoms with Crippen molar-refractivity contribution in [3.8, 4) is 0 Å². The molecule has 0 saturated carbocycles. The van der Waals surface area contributed by atoms with Crippen LogP contribution in [0.5, 0.6) is 0 Å². The Morgan fingerprint density at radius 1 is 1.71 bits per heavy atom. The molecule has 2 atom stereocenters. The molecule has 1 aliphatic heterocycles. The minimum atomic E-state index is -0.201. The SMILES string of the molecule is CCC(N)CNC(=O)C1(C)CCCS1. The summed E-state index contributed by atoms with van der Waals surface area (Å²) in [7, 11) is 0. The number of carbonyl (C=O) groups excluding carboxylic acids is 1. The molecule has 1 aliphatic rings. The lowest BCUT2D eigenvalue weighted by atomic mass is 10.0. The molecule has 1 fully saturated rings. The van der Waals surface area contributed by atoms with Crippen LogP contribution in [-0.4, -0.2) is 29.0 Å². The third-order valence-corrected chi connectivity index (χ3v) is 4.27. The van der Waals surface area contributed by atoms with Gasteiger partial charge in [0.05, 0.1) is 4.75 Å². The number of amides is 1. The Bertz CT molecular complexity index is 202. The quantitative estimate of drug-likeness (QED) is 0.740. The van der Waals surface area contributed by atoms with Gasteiger partial charge in [0.2, 0.25) is 5.91 Å². The zero-order valence-corrected chi connectivity index (χ0v) is 9.82. The summed E-state index contributed by atoms with van der Waals surface area (Å²) in [5, 5.41) is 2.93. The van der Waals surface area contributed by atoms with E-state index in [0.717, 1.165) is 25.0 Å². The molecule has 0 bridgehead atoms. The van der Waals surface area contributed by atoms with E-state index in [2.05, 4.69) is 5.32 Å². The maximum Gasteiger partial charge on any atom is 0.236 e. The second-order valence-electron chi connectivity index (χ2n) is 4.06. The van der Waals surface area contributed by atoms with Gasteiger partial charge in [-0.1, -0.05) is 6.92 Å². The zero-order valence-electron chi connectivity index (χ0n) is 9.01. The lowest BCUT2D eigenvalue weighted by molar-refractivity contribution is -0.123. The zero-order chi connectivity index (χ0) is 10.6. The molecule has 3 N–H and O–H groups in total. The first kappa shape index (κ1) is 11.9. The normalized spacial score (nSPS) is 28.8. The summed E-state index contributed by atoms with van der Waals surface area (Å²) in [5.41, 5.74) is 5.74. The summed E-state index contributed by atoms with van der Waals surface area (Å²) < 4.78 is -0.201. The molecular formula is C10H20N2OS. The van der Waals surface area contributed by atoms with E-state index in [-0.39, 0.29) is 16.7 Å². The van der Waals surface area contributed by atoms with Crippen molar-refractivity contribution in [3.63, 3.8) is 0 Å². The van der Waals surface area contributed by atoms with Crippen LogP contribution in [0.15, 0.2) is 0 Å². The van der Waals surface area contributed by atoms with Gasteiger partial charge in [0.15, 0.2) is 0 Å². The molecule has 1 rings (SSSR count). The van der Waals surface area contributed by atoms with Crippen LogP contribution >= 0.6 is 11.8 Å². The van der Waals surface area contributed by atoms with Gasteiger partial charge < -0.3 is 11.1 Å². The average molecular weight is 216 g/mol. The Kier molecular flexibility index (Phi) is 4.26. The van der Waals surface area contributed by atoms with Crippen LogP contribution in [0.25, 0.3) is 0 Å². The van der Waals surface area contributed by atoms with Gasteiger partial charge in [0, 0.05) is 12.6 Å². The number of hydrogen-bond acceptors (Lipinski definition) is 3. The molecule has 0 aromatic heterocycles. The number of nitrogens with two attached hydrogens (primary N) is 1. The molecule has 1 heterocycles. The Labute approximate surface area is 90.2 Å². The average Bonchev–Trinajstić information content (AvgIpc) is 2.62. The monoisotopic (exact) mass is 216 g/mol. The van der Waals surface area contributed by atoms with Crippen LogP contribution in [0.2, 0.25) is 0 Å². The fraction of sp³-hybridized carbons (Fsp3) is 0.900. The molecule has 0 aromatic carbocycles. The second kappa shape index (κ2) is 5.03. The second-order valence-corrected chi connectivity index (χ2v) is 5.66. The maximum atomic E-state index is 11.8. The Hall–Kier alpha value is -0.220. The summed E-state index contributed by atoms with van der Waals surface area (Å²) in [5.74, 6) is 1.26. The summed E-state index contributed by atoms with van der Waals surface area (Å²) in [6.45, 7) is 4.66. The highest BCUT2D eigenvalue weighted by Gasteiger charge is 2.36. The molecule has 0 aliphatic carbocycles. The Balaban J connectivity index is 2.34. The molecule has 0 spiro atoms. The molecule has 82 valence electrons. The first-order chi connectivity index (χ1) is 6.58. The van der Waals surface area contributed by atoms with Crippen molar-refractivity contribution in [2.24, 2.45) is 5.73 Å². The van der Waals surface area contributed by atoms with E-state index >= 15 is 0 Å². The smallest absolute Gasteiger partial charge is 0.236 e. The minimum Gasteiger partial charge on any atom is -0.353 e. The van der Waals surface area contributed by atoms with E-state index in [9.17, 15) is 4.79 Å². The number of thioether (sulfide) groups is 1. The van der Waals surface area contributed by atoms with E-state index < -0.39 is 0 Å². The highest BCUT2D eigenvalue weighted by molar-refractivity contribution is 8.01. The molecule has 4 heteroatoms. The number of hydrogen-bond donors (Lipinski definition) is 2. The maximum absolute atomic E-state index is 11.8. The predicted octanol–water partition coefficient (Wildman–Crippen LogP) is 1.13. The standard InChI is InChI=1S/C10H20N2OS/c1-3-8(11)7-12-9(13)10(2)5-4-6-14-10/h8H,3-7,11H2,1-2H3,(H,12,13). The molecular weight excluding hydrogens is 196 g/mol. The molecule has 0 aromatic rings. The lowest BCUT2D eigenvalue weighted by Gasteiger charge is -2.22. The summed E-state index contributed by atoms with van der Waals surface area (Å²) >= 11 is 1.76. The van der Waals surface area contributed by atoms with Gasteiger partial charge in [-0.2, -0.15) is 0 Å². The van der Waals surface area contributed by atoms with Gasteiger partial charge in [0.1, 0.15) is 0 Å². The van der Waals surface area contributed by atoms with E-state index in [1.807, 2.05) is 13.8 Å². The molecule has 1 amide bonds. The van der Waals surface area contributed by atoms with E-state index in [0.29, 0.717) is 6.54 Å². The third-order valence-electron chi connectivity index (χ3n) is 2.75. The van der Waals surface area contributed by atoms with E-state index in [4.69, 9.17) is 5.73 Å². The van der Waals surface area contributed by atoms with Gasteiger partial charge in [-0.15, -0.1) is 11.8 Å². The number of carbonyl (C=O) groups is 1. The first-order valence-corrected chi connectivity index (χ1v) is 6.25. The largest absolute Gasteiger partial charge is 0.353 e. The van der Waals surface area contributed by atoms with Gasteiger partial charge in [-0.05, 0) is 31.9 Å². The van der Waals surface area contributed by atoms with Crippen LogP contribution in [0, 0.1) is 0 Å². The lowest BCUT2D eigenvalue weighted by Crippen LogP contribution is -2.45. The summed E-state index contributed by atoms with van der Waals surface area (Å²) in [4.78, 5) is 11.8. The topological polar surface area (TPSA) is 55.1 Å². The number of nitrogens with one attached hydrogen (secondary N) is 1. The molecule has 3 nitrogen and oxygen atoms in total. The predicted molar refractivity (Wildman–Crippen MR) is 61.4 cm³/mol. The van der Waals surface area contributed by atoms with E-state index in [1.165, 1.54) is 0 Å². The fourth-order valence-corrected chi connectivity index (χ4v) is 2.74. The van der Waals surface area contributed by atoms with Gasteiger partial charge in [0.25, 0.3) is 0 Å². The highest BCUT2D eigenvalue weighted by Crippen LogP contribution is 2.37. The highest BCUT2D eigenvalue weighted by atomic mass is 32.2. The third kappa shape index (κ3) is 2.89. The van der Waals surface area contributed by atoms with Gasteiger partial charge in [-0.25, -0.2) is 0 Å². The Morgan fingerprint density at radius 3 is 2.93 bits per heavy atom. The summed E-state index contributed by atoms with van der Waals surface area (Å²) in [6.07, 6.45) is 3.05. The van der Waals surface area contributed by atoms with Crippen molar-refractivity contribution < 1.29 is 4.79 Å². The summed E-state index contributed by atoms with van der Waals surface area (Å²) in [6, 6.07) is 0.0916. The number of rotatable bonds is 4. The minimum absolute atomic E-state index is 0.0916. The van der Waals surface area contributed by atoms with Crippen molar-refractivity contribution in [1.82, 2.24) is 5.32 Å². The molecule has 14 heavy (non-hydrogen) atoms. The van der Waals surface area contributed by atoms with Crippen LogP contribution in [-0.2, 0) is 4.79 Å². The molecule has 0 radical (unpaired) electrons. The van der Waals surface area contributed by atoms with Crippen molar-refractivity contribution in [3.05, 3.63) is 0 Å². The fourth-order valence-electron chi connectivity index (χ4n) is 1.51. The van der Waals surface area contributed by atoms with Crippen molar-refractivity contribution in [1.29, 1.82) is 0 Å². The van der Waals surface area contributed by atoms with Crippen LogP contribution in [0.1, 0.15) is 33.1 Å².